The van der Waals surface area contributed by atoms with Crippen LogP contribution in [0.1, 0.15) is 41.4 Å². The Kier molecular flexibility index (Phi) is 3.17. The maximum Gasteiger partial charge on any atom is 0.261 e. The summed E-state index contributed by atoms with van der Waals surface area (Å²) in [5, 5.41) is 8.95. The minimum Gasteiger partial charge on any atom is -0.289 e. The van der Waals surface area contributed by atoms with E-state index in [-0.39, 0.29) is 11.5 Å². The largest absolute Gasteiger partial charge is 0.289 e. The number of rotatable bonds is 3. The molecule has 0 radical (unpaired) electrons. The number of anilines is 1. The van der Waals surface area contributed by atoms with Gasteiger partial charge in [-0.05, 0) is 31.0 Å². The third-order valence-electron chi connectivity index (χ3n) is 3.39. The second-order valence-corrected chi connectivity index (χ2v) is 4.75. The molecule has 0 aliphatic heterocycles. The Morgan fingerprint density at radius 1 is 1.35 bits per heavy atom. The SMILES string of the molecule is O=C(Nc1n[nH]c(C2CCC2)n1)c1cc(F)ccc1F. The third kappa shape index (κ3) is 2.38. The molecule has 1 aliphatic rings. The Morgan fingerprint density at radius 2 is 2.15 bits per heavy atom. The Morgan fingerprint density at radius 3 is 2.85 bits per heavy atom. The van der Waals surface area contributed by atoms with Gasteiger partial charge in [-0.15, -0.1) is 5.10 Å². The second-order valence-electron chi connectivity index (χ2n) is 4.75. The molecule has 1 saturated carbocycles. The quantitative estimate of drug-likeness (QED) is 0.906. The third-order valence-corrected chi connectivity index (χ3v) is 3.39. The molecule has 0 spiro atoms. The number of carbonyl (C=O) groups is 1. The highest BCUT2D eigenvalue weighted by molar-refractivity contribution is 6.03. The smallest absolute Gasteiger partial charge is 0.261 e. The summed E-state index contributed by atoms with van der Waals surface area (Å²) in [4.78, 5) is 16.0. The van der Waals surface area contributed by atoms with Crippen molar-refractivity contribution in [3.63, 3.8) is 0 Å². The van der Waals surface area contributed by atoms with E-state index < -0.39 is 17.5 Å². The number of halogens is 2. The average Bonchev–Trinajstić information content (AvgIpc) is 2.78. The number of hydrogen-bond donors (Lipinski definition) is 2. The predicted molar refractivity (Wildman–Crippen MR) is 67.3 cm³/mol. The van der Waals surface area contributed by atoms with E-state index in [2.05, 4.69) is 20.5 Å². The number of hydrogen-bond acceptors (Lipinski definition) is 3. The summed E-state index contributed by atoms with van der Waals surface area (Å²) in [5.74, 6) is -1.12. The molecular formula is C13H12F2N4O. The first-order valence-electron chi connectivity index (χ1n) is 6.32. The molecular weight excluding hydrogens is 266 g/mol. The van der Waals surface area contributed by atoms with Gasteiger partial charge >= 0.3 is 0 Å². The van der Waals surface area contributed by atoms with Crippen molar-refractivity contribution in [3.8, 4) is 0 Å². The van der Waals surface area contributed by atoms with E-state index >= 15 is 0 Å². The van der Waals surface area contributed by atoms with Crippen LogP contribution in [0.3, 0.4) is 0 Å². The summed E-state index contributed by atoms with van der Waals surface area (Å²) in [6, 6.07) is 2.69. The summed E-state index contributed by atoms with van der Waals surface area (Å²) in [6.45, 7) is 0. The second kappa shape index (κ2) is 4.99. The summed E-state index contributed by atoms with van der Waals surface area (Å²) in [5.41, 5.74) is -0.375. The zero-order valence-corrected chi connectivity index (χ0v) is 10.5. The number of amides is 1. The number of H-pyrrole nitrogens is 1. The molecule has 5 nitrogen and oxygen atoms in total. The van der Waals surface area contributed by atoms with Gasteiger partial charge in [0.2, 0.25) is 5.95 Å². The fraction of sp³-hybridized carbons (Fsp3) is 0.308. The van der Waals surface area contributed by atoms with Crippen molar-refractivity contribution in [1.82, 2.24) is 15.2 Å². The van der Waals surface area contributed by atoms with Crippen LogP contribution in [-0.2, 0) is 0 Å². The van der Waals surface area contributed by atoms with Gasteiger partial charge in [-0.2, -0.15) is 4.98 Å². The lowest BCUT2D eigenvalue weighted by molar-refractivity contribution is 0.102. The molecule has 1 aromatic heterocycles. The average molecular weight is 278 g/mol. The van der Waals surface area contributed by atoms with E-state index in [9.17, 15) is 13.6 Å². The molecule has 1 aromatic carbocycles. The molecule has 0 bridgehead atoms. The number of aromatic nitrogens is 3. The van der Waals surface area contributed by atoms with Gasteiger partial charge in [0, 0.05) is 5.92 Å². The zero-order chi connectivity index (χ0) is 14.1. The molecule has 0 atom stereocenters. The van der Waals surface area contributed by atoms with Crippen molar-refractivity contribution in [2.24, 2.45) is 0 Å². The van der Waals surface area contributed by atoms with Crippen LogP contribution in [0.15, 0.2) is 18.2 Å². The van der Waals surface area contributed by atoms with Gasteiger partial charge in [0.1, 0.15) is 17.5 Å². The Labute approximate surface area is 113 Å². The minimum atomic E-state index is -0.793. The number of nitrogens with one attached hydrogen (secondary N) is 2. The van der Waals surface area contributed by atoms with Crippen molar-refractivity contribution in [2.45, 2.75) is 25.2 Å². The van der Waals surface area contributed by atoms with Crippen LogP contribution in [0.25, 0.3) is 0 Å². The number of benzene rings is 1. The van der Waals surface area contributed by atoms with Crippen LogP contribution in [0.4, 0.5) is 14.7 Å². The summed E-state index contributed by atoms with van der Waals surface area (Å²) in [7, 11) is 0. The Hall–Kier alpha value is -2.31. The van der Waals surface area contributed by atoms with E-state index in [0.29, 0.717) is 11.7 Å². The monoisotopic (exact) mass is 278 g/mol. The molecule has 0 unspecified atom stereocenters. The van der Waals surface area contributed by atoms with Gasteiger partial charge in [-0.25, -0.2) is 8.78 Å². The van der Waals surface area contributed by atoms with Gasteiger partial charge < -0.3 is 0 Å². The van der Waals surface area contributed by atoms with E-state index in [1.165, 1.54) is 0 Å². The minimum absolute atomic E-state index is 0.0700. The fourth-order valence-corrected chi connectivity index (χ4v) is 2.03. The zero-order valence-electron chi connectivity index (χ0n) is 10.5. The van der Waals surface area contributed by atoms with E-state index in [0.717, 1.165) is 37.5 Å². The highest BCUT2D eigenvalue weighted by Crippen LogP contribution is 2.34. The van der Waals surface area contributed by atoms with Crippen molar-refractivity contribution in [3.05, 3.63) is 41.2 Å². The highest BCUT2D eigenvalue weighted by atomic mass is 19.1. The molecule has 2 N–H and O–H groups in total. The first-order valence-corrected chi connectivity index (χ1v) is 6.32. The van der Waals surface area contributed by atoms with Gasteiger partial charge in [-0.1, -0.05) is 6.42 Å². The van der Waals surface area contributed by atoms with Crippen molar-refractivity contribution < 1.29 is 13.6 Å². The van der Waals surface area contributed by atoms with Crippen LogP contribution < -0.4 is 5.32 Å². The molecule has 2 aromatic rings. The first-order chi connectivity index (χ1) is 9.63. The molecule has 1 heterocycles. The van der Waals surface area contributed by atoms with E-state index in [1.807, 2.05) is 0 Å². The predicted octanol–water partition coefficient (Wildman–Crippen LogP) is 2.60. The first kappa shape index (κ1) is 12.7. The molecule has 1 aliphatic carbocycles. The van der Waals surface area contributed by atoms with Crippen molar-refractivity contribution >= 4 is 11.9 Å². The van der Waals surface area contributed by atoms with Crippen molar-refractivity contribution in [1.29, 1.82) is 0 Å². The fourth-order valence-electron chi connectivity index (χ4n) is 2.03. The van der Waals surface area contributed by atoms with Crippen LogP contribution in [0.2, 0.25) is 0 Å². The van der Waals surface area contributed by atoms with Gasteiger partial charge in [0.05, 0.1) is 5.56 Å². The number of carbonyl (C=O) groups excluding carboxylic acids is 1. The van der Waals surface area contributed by atoms with Gasteiger partial charge in [0.15, 0.2) is 0 Å². The summed E-state index contributed by atoms with van der Waals surface area (Å²) >= 11 is 0. The highest BCUT2D eigenvalue weighted by Gasteiger charge is 2.23. The van der Waals surface area contributed by atoms with Gasteiger partial charge in [-0.3, -0.25) is 15.2 Å². The number of nitrogens with zero attached hydrogens (tertiary/aromatic N) is 2. The molecule has 1 fully saturated rings. The molecule has 0 saturated heterocycles. The topological polar surface area (TPSA) is 70.7 Å². The lowest BCUT2D eigenvalue weighted by Crippen LogP contribution is -2.15. The summed E-state index contributed by atoms with van der Waals surface area (Å²) in [6.07, 6.45) is 3.24. The van der Waals surface area contributed by atoms with Crippen LogP contribution in [-0.4, -0.2) is 21.1 Å². The molecule has 1 amide bonds. The standard InChI is InChI=1S/C13H12F2N4O/c14-8-4-5-10(15)9(6-8)12(20)17-13-16-11(18-19-13)7-2-1-3-7/h4-7H,1-3H2,(H2,16,17,18,19,20). The van der Waals surface area contributed by atoms with Crippen LogP contribution >= 0.6 is 0 Å². The van der Waals surface area contributed by atoms with Crippen LogP contribution in [0.5, 0.6) is 0 Å². The maximum atomic E-state index is 13.4. The number of aromatic amines is 1. The Balaban J connectivity index is 1.75. The van der Waals surface area contributed by atoms with Crippen LogP contribution in [0, 0.1) is 11.6 Å². The normalized spacial score (nSPS) is 14.9. The lowest BCUT2D eigenvalue weighted by Gasteiger charge is -2.22. The van der Waals surface area contributed by atoms with Gasteiger partial charge in [0.25, 0.3) is 5.91 Å². The molecule has 7 heteroatoms. The molecule has 20 heavy (non-hydrogen) atoms. The molecule has 3 rings (SSSR count). The van der Waals surface area contributed by atoms with E-state index in [1.54, 1.807) is 0 Å². The van der Waals surface area contributed by atoms with E-state index in [4.69, 9.17) is 0 Å². The van der Waals surface area contributed by atoms with Crippen molar-refractivity contribution in [2.75, 3.05) is 5.32 Å². The maximum absolute atomic E-state index is 13.4. The summed E-state index contributed by atoms with van der Waals surface area (Å²) < 4.78 is 26.5. The Bertz CT molecular complexity index is 652. The molecule has 104 valence electrons. The lowest BCUT2D eigenvalue weighted by atomic mass is 9.85.